The molecule has 0 spiro atoms. The SMILES string of the molecule is CCCCCCC/C=C\C/C=C\CCCCCCCCCCCCCC(=O)OC(COC(=O)CCCCCCCCCCC)COP(=O)(O)OC1C(O)C(O)C(O)C(O)C1O. The summed E-state index contributed by atoms with van der Waals surface area (Å²) in [5.74, 6) is -1.10. The van der Waals surface area contributed by atoms with E-state index in [0.717, 1.165) is 57.8 Å². The Labute approximate surface area is 368 Å². The Balaban J connectivity index is 2.35. The molecule has 1 aliphatic rings. The average Bonchev–Trinajstić information content (AvgIpc) is 3.24. The van der Waals surface area contributed by atoms with Gasteiger partial charge in [-0.3, -0.25) is 18.6 Å². The Morgan fingerprint density at radius 2 is 0.885 bits per heavy atom. The topological polar surface area (TPSA) is 210 Å². The molecule has 6 N–H and O–H groups in total. The summed E-state index contributed by atoms with van der Waals surface area (Å²) in [6, 6.07) is 0. The number of hydrogen-bond acceptors (Lipinski definition) is 12. The van der Waals surface area contributed by atoms with Crippen molar-refractivity contribution in [2.75, 3.05) is 13.2 Å². The van der Waals surface area contributed by atoms with Crippen molar-refractivity contribution in [2.24, 2.45) is 0 Å². The van der Waals surface area contributed by atoms with Crippen LogP contribution in [0.4, 0.5) is 0 Å². The summed E-state index contributed by atoms with van der Waals surface area (Å²) in [6.45, 7) is 3.27. The highest BCUT2D eigenvalue weighted by Gasteiger charge is 2.51. The molecule has 13 nitrogen and oxygen atoms in total. The van der Waals surface area contributed by atoms with Gasteiger partial charge in [0.25, 0.3) is 0 Å². The highest BCUT2D eigenvalue weighted by Crippen LogP contribution is 2.47. The fraction of sp³-hybridized carbons (Fsp3) is 0.872. The second-order valence-corrected chi connectivity index (χ2v) is 18.4. The number of esters is 2. The molecule has 1 rings (SSSR count). The monoisotopic (exact) mass is 891 g/mol. The number of allylic oxidation sites excluding steroid dienone is 4. The van der Waals surface area contributed by atoms with Crippen LogP contribution in [0.5, 0.6) is 0 Å². The van der Waals surface area contributed by atoms with E-state index in [1.54, 1.807) is 0 Å². The van der Waals surface area contributed by atoms with Crippen LogP contribution in [-0.2, 0) is 32.7 Å². The van der Waals surface area contributed by atoms with Crippen molar-refractivity contribution in [3.8, 4) is 0 Å². The standard InChI is InChI=1S/C47H87O13P/c1-3-5-7-9-11-13-14-15-16-17-18-19-20-21-22-23-24-25-26-28-30-32-34-36-41(49)59-39(37-57-40(48)35-33-31-29-27-12-10-8-6-4-2)38-58-61(55,56)60-47-45(53)43(51)42(50)44(52)46(47)54/h14-15,17-18,39,42-47,50-54H,3-13,16,19-38H2,1-2H3,(H,55,56)/b15-14-,18-17-. The Morgan fingerprint density at radius 3 is 1.33 bits per heavy atom. The van der Waals surface area contributed by atoms with Gasteiger partial charge in [0.05, 0.1) is 6.61 Å². The fourth-order valence-corrected chi connectivity index (χ4v) is 8.35. The second-order valence-electron chi connectivity index (χ2n) is 17.0. The molecule has 0 aromatic rings. The number of ether oxygens (including phenoxy) is 2. The molecule has 1 saturated carbocycles. The van der Waals surface area contributed by atoms with Crippen LogP contribution in [0.2, 0.25) is 0 Å². The van der Waals surface area contributed by atoms with E-state index in [2.05, 4.69) is 38.2 Å². The molecule has 0 aromatic heterocycles. The van der Waals surface area contributed by atoms with Gasteiger partial charge in [-0.25, -0.2) is 4.57 Å². The van der Waals surface area contributed by atoms with Gasteiger partial charge in [-0.1, -0.05) is 173 Å². The molecule has 14 heteroatoms. The predicted molar refractivity (Wildman–Crippen MR) is 240 cm³/mol. The van der Waals surface area contributed by atoms with E-state index in [1.165, 1.54) is 109 Å². The van der Waals surface area contributed by atoms with Crippen LogP contribution in [0, 0.1) is 0 Å². The molecule has 0 radical (unpaired) electrons. The Hall–Kier alpha value is -1.67. The van der Waals surface area contributed by atoms with Crippen LogP contribution in [0.25, 0.3) is 0 Å². The van der Waals surface area contributed by atoms with Crippen LogP contribution in [-0.4, -0.2) is 98.3 Å². The lowest BCUT2D eigenvalue weighted by Gasteiger charge is -2.41. The molecule has 0 amide bonds. The first-order valence-corrected chi connectivity index (χ1v) is 25.6. The maximum absolute atomic E-state index is 12.8. The van der Waals surface area contributed by atoms with Crippen molar-refractivity contribution in [2.45, 2.75) is 249 Å². The van der Waals surface area contributed by atoms with Gasteiger partial charge >= 0.3 is 19.8 Å². The van der Waals surface area contributed by atoms with Gasteiger partial charge in [-0.05, 0) is 44.9 Å². The molecule has 61 heavy (non-hydrogen) atoms. The number of phosphoric ester groups is 1. The molecule has 6 unspecified atom stereocenters. The third-order valence-electron chi connectivity index (χ3n) is 11.3. The van der Waals surface area contributed by atoms with Crippen LogP contribution in [0.3, 0.4) is 0 Å². The quantitative estimate of drug-likeness (QED) is 0.0147. The van der Waals surface area contributed by atoms with Crippen LogP contribution >= 0.6 is 7.82 Å². The number of carbonyl (C=O) groups excluding carboxylic acids is 2. The smallest absolute Gasteiger partial charge is 0.462 e. The lowest BCUT2D eigenvalue weighted by molar-refractivity contribution is -0.220. The minimum atomic E-state index is -5.11. The van der Waals surface area contributed by atoms with Crippen molar-refractivity contribution < 1.29 is 63.1 Å². The predicted octanol–water partition coefficient (Wildman–Crippen LogP) is 9.62. The molecule has 1 aliphatic carbocycles. The summed E-state index contributed by atoms with van der Waals surface area (Å²) >= 11 is 0. The van der Waals surface area contributed by atoms with E-state index in [9.17, 15) is 44.6 Å². The summed E-state index contributed by atoms with van der Waals surface area (Å²) in [5.41, 5.74) is 0. The van der Waals surface area contributed by atoms with Crippen LogP contribution < -0.4 is 0 Å². The molecular formula is C47H87O13P. The number of carbonyl (C=O) groups is 2. The Morgan fingerprint density at radius 1 is 0.508 bits per heavy atom. The maximum atomic E-state index is 12.8. The first kappa shape index (κ1) is 57.3. The van der Waals surface area contributed by atoms with Gasteiger partial charge in [0.2, 0.25) is 0 Å². The molecule has 0 aromatic carbocycles. The maximum Gasteiger partial charge on any atom is 0.472 e. The summed E-state index contributed by atoms with van der Waals surface area (Å²) in [7, 11) is -5.11. The van der Waals surface area contributed by atoms with Gasteiger partial charge in [0.1, 0.15) is 43.2 Å². The highest BCUT2D eigenvalue weighted by atomic mass is 31.2. The Kier molecular flexibility index (Phi) is 35.4. The van der Waals surface area contributed by atoms with Gasteiger partial charge < -0.3 is 39.9 Å². The molecule has 6 atom stereocenters. The minimum absolute atomic E-state index is 0.0970. The van der Waals surface area contributed by atoms with Gasteiger partial charge in [0, 0.05) is 12.8 Å². The van der Waals surface area contributed by atoms with E-state index >= 15 is 0 Å². The molecule has 358 valence electrons. The van der Waals surface area contributed by atoms with Gasteiger partial charge in [0.15, 0.2) is 6.10 Å². The fourth-order valence-electron chi connectivity index (χ4n) is 7.38. The van der Waals surface area contributed by atoms with E-state index in [4.69, 9.17) is 18.5 Å². The van der Waals surface area contributed by atoms with E-state index in [1.807, 2.05) is 0 Å². The van der Waals surface area contributed by atoms with Crippen LogP contribution in [0.1, 0.15) is 206 Å². The number of unbranched alkanes of at least 4 members (excludes halogenated alkanes) is 24. The third kappa shape index (κ3) is 30.2. The van der Waals surface area contributed by atoms with Crippen LogP contribution in [0.15, 0.2) is 24.3 Å². The largest absolute Gasteiger partial charge is 0.472 e. The summed E-state index contributed by atoms with van der Waals surface area (Å²) < 4.78 is 33.5. The highest BCUT2D eigenvalue weighted by molar-refractivity contribution is 7.47. The van der Waals surface area contributed by atoms with Crippen molar-refractivity contribution in [3.63, 3.8) is 0 Å². The Bertz CT molecular complexity index is 1170. The van der Waals surface area contributed by atoms with E-state index in [-0.39, 0.29) is 12.8 Å². The van der Waals surface area contributed by atoms with Crippen molar-refractivity contribution in [3.05, 3.63) is 24.3 Å². The summed E-state index contributed by atoms with van der Waals surface area (Å²) in [4.78, 5) is 35.6. The van der Waals surface area contributed by atoms with Crippen molar-refractivity contribution >= 4 is 19.8 Å². The third-order valence-corrected chi connectivity index (χ3v) is 12.3. The van der Waals surface area contributed by atoms with Gasteiger partial charge in [-0.15, -0.1) is 0 Å². The van der Waals surface area contributed by atoms with E-state index < -0.39 is 75.7 Å². The molecule has 0 saturated heterocycles. The minimum Gasteiger partial charge on any atom is -0.462 e. The summed E-state index contributed by atoms with van der Waals surface area (Å²) in [6.07, 6.45) is 28.2. The number of phosphoric acid groups is 1. The number of aliphatic hydroxyl groups excluding tert-OH is 5. The number of hydrogen-bond donors (Lipinski definition) is 6. The molecular weight excluding hydrogens is 803 g/mol. The number of aliphatic hydroxyl groups is 5. The zero-order valence-corrected chi connectivity index (χ0v) is 38.9. The molecule has 0 heterocycles. The zero-order chi connectivity index (χ0) is 45.0. The lowest BCUT2D eigenvalue weighted by atomic mass is 9.85. The first-order chi connectivity index (χ1) is 29.4. The van der Waals surface area contributed by atoms with Crippen molar-refractivity contribution in [1.29, 1.82) is 0 Å². The van der Waals surface area contributed by atoms with E-state index in [0.29, 0.717) is 12.8 Å². The normalized spacial score (nSPS) is 22.2. The second kappa shape index (κ2) is 37.7. The summed E-state index contributed by atoms with van der Waals surface area (Å²) in [5, 5.41) is 50.1. The first-order valence-electron chi connectivity index (χ1n) is 24.1. The average molecular weight is 891 g/mol. The number of rotatable bonds is 40. The van der Waals surface area contributed by atoms with Gasteiger partial charge in [-0.2, -0.15) is 0 Å². The lowest BCUT2D eigenvalue weighted by Crippen LogP contribution is -2.64. The zero-order valence-electron chi connectivity index (χ0n) is 38.0. The van der Waals surface area contributed by atoms with Crippen molar-refractivity contribution in [1.82, 2.24) is 0 Å². The molecule has 0 bridgehead atoms. The molecule has 0 aliphatic heterocycles. The molecule has 1 fully saturated rings.